The third kappa shape index (κ3) is 4.27. The van der Waals surface area contributed by atoms with Crippen molar-refractivity contribution in [2.24, 2.45) is 0 Å². The highest BCUT2D eigenvalue weighted by atomic mass is 32.2. The number of benzene rings is 3. The topological polar surface area (TPSA) is 35.5 Å². The van der Waals surface area contributed by atoms with E-state index in [2.05, 4.69) is 0 Å². The summed E-state index contributed by atoms with van der Waals surface area (Å²) in [5.41, 5.74) is 1.61. The zero-order valence-electron chi connectivity index (χ0n) is 14.7. The third-order valence-corrected chi connectivity index (χ3v) is 5.29. The van der Waals surface area contributed by atoms with Crippen LogP contribution in [0.15, 0.2) is 83.8 Å². The van der Waals surface area contributed by atoms with Gasteiger partial charge in [-0.2, -0.15) is 0 Å². The van der Waals surface area contributed by atoms with Gasteiger partial charge >= 0.3 is 0 Å². The molecule has 0 aliphatic carbocycles. The molecule has 3 nitrogen and oxygen atoms in total. The molecule has 0 fully saturated rings. The van der Waals surface area contributed by atoms with Gasteiger partial charge in [0.15, 0.2) is 5.78 Å². The van der Waals surface area contributed by atoms with E-state index in [1.807, 2.05) is 78.9 Å². The highest BCUT2D eigenvalue weighted by Crippen LogP contribution is 2.38. The number of ether oxygens (including phenoxy) is 2. The Labute approximate surface area is 158 Å². The summed E-state index contributed by atoms with van der Waals surface area (Å²) < 4.78 is 10.4. The van der Waals surface area contributed by atoms with Gasteiger partial charge in [-0.1, -0.05) is 30.3 Å². The van der Waals surface area contributed by atoms with Crippen LogP contribution in [-0.4, -0.2) is 20.0 Å². The van der Waals surface area contributed by atoms with Gasteiger partial charge < -0.3 is 9.47 Å². The number of thioether (sulfide) groups is 1. The Balaban J connectivity index is 1.93. The molecule has 1 unspecified atom stereocenters. The van der Waals surface area contributed by atoms with E-state index < -0.39 is 0 Å². The van der Waals surface area contributed by atoms with E-state index in [1.54, 1.807) is 26.0 Å². The maximum Gasteiger partial charge on any atom is 0.180 e. The minimum atomic E-state index is -0.336. The maximum absolute atomic E-state index is 13.2. The first kappa shape index (κ1) is 18.1. The SMILES string of the molecule is COc1ccc(C(=O)C(Sc2ccccc2)c2ccc(OC)cc2)cc1. The summed E-state index contributed by atoms with van der Waals surface area (Å²) in [6.07, 6.45) is 0. The van der Waals surface area contributed by atoms with Crippen LogP contribution in [0.3, 0.4) is 0 Å². The first-order valence-electron chi connectivity index (χ1n) is 8.25. The smallest absolute Gasteiger partial charge is 0.180 e. The molecule has 0 bridgehead atoms. The lowest BCUT2D eigenvalue weighted by Gasteiger charge is -2.17. The molecule has 3 rings (SSSR count). The molecule has 3 aromatic carbocycles. The molecular weight excluding hydrogens is 344 g/mol. The van der Waals surface area contributed by atoms with Gasteiger partial charge in [0.2, 0.25) is 0 Å². The van der Waals surface area contributed by atoms with E-state index in [4.69, 9.17) is 9.47 Å². The minimum Gasteiger partial charge on any atom is -0.497 e. The molecular formula is C22H20O3S. The van der Waals surface area contributed by atoms with Crippen molar-refractivity contribution in [3.05, 3.63) is 90.0 Å². The lowest BCUT2D eigenvalue weighted by atomic mass is 10.0. The standard InChI is InChI=1S/C22H20O3S/c1-24-18-12-8-16(9-13-18)21(23)22(26-20-6-4-3-5-7-20)17-10-14-19(25-2)15-11-17/h3-15,22H,1-2H3. The summed E-state index contributed by atoms with van der Waals surface area (Å²) in [6, 6.07) is 24.9. The number of ketones is 1. The molecule has 0 aliphatic rings. The molecule has 0 aromatic heterocycles. The second-order valence-corrected chi connectivity index (χ2v) is 6.86. The van der Waals surface area contributed by atoms with Crippen LogP contribution in [0.25, 0.3) is 0 Å². The molecule has 26 heavy (non-hydrogen) atoms. The molecule has 0 saturated heterocycles. The number of carbonyl (C=O) groups excluding carboxylic acids is 1. The number of methoxy groups -OCH3 is 2. The minimum absolute atomic E-state index is 0.0617. The summed E-state index contributed by atoms with van der Waals surface area (Å²) in [5.74, 6) is 1.57. The Hall–Kier alpha value is -2.72. The zero-order chi connectivity index (χ0) is 18.4. The van der Waals surface area contributed by atoms with Gasteiger partial charge in [0, 0.05) is 10.5 Å². The highest BCUT2D eigenvalue weighted by molar-refractivity contribution is 8.00. The molecule has 4 heteroatoms. The first-order chi connectivity index (χ1) is 12.7. The molecule has 3 aromatic rings. The fraction of sp³-hybridized carbons (Fsp3) is 0.136. The van der Waals surface area contributed by atoms with Crippen LogP contribution in [0.2, 0.25) is 0 Å². The van der Waals surface area contributed by atoms with Gasteiger partial charge in [-0.3, -0.25) is 4.79 Å². The monoisotopic (exact) mass is 364 g/mol. The Bertz CT molecular complexity index is 843. The van der Waals surface area contributed by atoms with Gasteiger partial charge in [-0.25, -0.2) is 0 Å². The fourth-order valence-corrected chi connectivity index (χ4v) is 3.72. The van der Waals surface area contributed by atoms with Crippen LogP contribution in [0.4, 0.5) is 0 Å². The molecule has 0 aliphatic heterocycles. The summed E-state index contributed by atoms with van der Waals surface area (Å²) in [5, 5.41) is -0.336. The predicted octanol–water partition coefficient (Wildman–Crippen LogP) is 5.42. The lowest BCUT2D eigenvalue weighted by molar-refractivity contribution is 0.0989. The van der Waals surface area contributed by atoms with E-state index in [1.165, 1.54) is 0 Å². The molecule has 0 radical (unpaired) electrons. The number of Topliss-reactive ketones (excluding diaryl/α,β-unsaturated/α-hetero) is 1. The summed E-state index contributed by atoms with van der Waals surface area (Å²) in [4.78, 5) is 14.3. The number of hydrogen-bond donors (Lipinski definition) is 0. The van der Waals surface area contributed by atoms with Gasteiger partial charge in [0.05, 0.1) is 19.5 Å². The van der Waals surface area contributed by atoms with E-state index in [0.29, 0.717) is 5.56 Å². The van der Waals surface area contributed by atoms with Crippen LogP contribution in [0, 0.1) is 0 Å². The van der Waals surface area contributed by atoms with Gasteiger partial charge in [-0.15, -0.1) is 11.8 Å². The van der Waals surface area contributed by atoms with Crippen LogP contribution < -0.4 is 9.47 Å². The van der Waals surface area contributed by atoms with Crippen molar-refractivity contribution in [3.63, 3.8) is 0 Å². The molecule has 0 saturated carbocycles. The predicted molar refractivity (Wildman–Crippen MR) is 105 cm³/mol. The normalized spacial score (nSPS) is 11.6. The molecule has 0 amide bonds. The number of hydrogen-bond acceptors (Lipinski definition) is 4. The zero-order valence-corrected chi connectivity index (χ0v) is 15.5. The van der Waals surface area contributed by atoms with Gasteiger partial charge in [0.1, 0.15) is 11.5 Å². The lowest BCUT2D eigenvalue weighted by Crippen LogP contribution is -2.10. The van der Waals surface area contributed by atoms with Gasteiger partial charge in [0.25, 0.3) is 0 Å². The Morgan fingerprint density at radius 1 is 0.769 bits per heavy atom. The van der Waals surface area contributed by atoms with E-state index in [-0.39, 0.29) is 11.0 Å². The van der Waals surface area contributed by atoms with Crippen molar-refractivity contribution in [1.82, 2.24) is 0 Å². The second kappa shape index (κ2) is 8.59. The Morgan fingerprint density at radius 2 is 1.31 bits per heavy atom. The summed E-state index contributed by atoms with van der Waals surface area (Å²) in [6.45, 7) is 0. The Kier molecular flexibility index (Phi) is 5.97. The van der Waals surface area contributed by atoms with Crippen molar-refractivity contribution in [3.8, 4) is 11.5 Å². The quantitative estimate of drug-likeness (QED) is 0.414. The average Bonchev–Trinajstić information content (AvgIpc) is 2.72. The average molecular weight is 364 g/mol. The molecule has 1 atom stereocenters. The van der Waals surface area contributed by atoms with Gasteiger partial charge in [-0.05, 0) is 54.1 Å². The Morgan fingerprint density at radius 3 is 1.85 bits per heavy atom. The number of carbonyl (C=O) groups is 1. The van der Waals surface area contributed by atoms with Crippen molar-refractivity contribution >= 4 is 17.5 Å². The van der Waals surface area contributed by atoms with Crippen LogP contribution in [-0.2, 0) is 0 Å². The van der Waals surface area contributed by atoms with E-state index in [9.17, 15) is 4.79 Å². The summed E-state index contributed by atoms with van der Waals surface area (Å²) in [7, 11) is 3.25. The molecule has 0 heterocycles. The van der Waals surface area contributed by atoms with E-state index >= 15 is 0 Å². The largest absolute Gasteiger partial charge is 0.497 e. The van der Waals surface area contributed by atoms with E-state index in [0.717, 1.165) is 22.0 Å². The van der Waals surface area contributed by atoms with Crippen molar-refractivity contribution in [2.45, 2.75) is 10.1 Å². The maximum atomic E-state index is 13.2. The van der Waals surface area contributed by atoms with Crippen molar-refractivity contribution in [1.29, 1.82) is 0 Å². The first-order valence-corrected chi connectivity index (χ1v) is 9.13. The fourth-order valence-electron chi connectivity index (χ4n) is 2.59. The number of rotatable bonds is 7. The second-order valence-electron chi connectivity index (χ2n) is 5.68. The van der Waals surface area contributed by atoms with Crippen LogP contribution >= 0.6 is 11.8 Å². The summed E-state index contributed by atoms with van der Waals surface area (Å²) >= 11 is 1.55. The molecule has 132 valence electrons. The van der Waals surface area contributed by atoms with Crippen LogP contribution in [0.1, 0.15) is 21.2 Å². The molecule has 0 N–H and O–H groups in total. The van der Waals surface area contributed by atoms with Crippen LogP contribution in [0.5, 0.6) is 11.5 Å². The highest BCUT2D eigenvalue weighted by Gasteiger charge is 2.23. The third-order valence-electron chi connectivity index (χ3n) is 4.03. The molecule has 0 spiro atoms. The van der Waals surface area contributed by atoms with Crippen molar-refractivity contribution < 1.29 is 14.3 Å². The van der Waals surface area contributed by atoms with Crippen molar-refractivity contribution in [2.75, 3.05) is 14.2 Å².